The molecule has 0 aliphatic rings. The van der Waals surface area contributed by atoms with Crippen molar-refractivity contribution >= 4 is 5.78 Å². The third-order valence-electron chi connectivity index (χ3n) is 3.86. The van der Waals surface area contributed by atoms with E-state index in [1.807, 2.05) is 31.2 Å². The summed E-state index contributed by atoms with van der Waals surface area (Å²) in [5, 5.41) is 14.6. The van der Waals surface area contributed by atoms with Crippen LogP contribution in [-0.2, 0) is 0 Å². The minimum atomic E-state index is -0.641. The molecule has 25 heavy (non-hydrogen) atoms. The summed E-state index contributed by atoms with van der Waals surface area (Å²) in [4.78, 5) is 20.8. The van der Waals surface area contributed by atoms with Gasteiger partial charge in [-0.25, -0.2) is 9.78 Å². The van der Waals surface area contributed by atoms with Gasteiger partial charge in [-0.1, -0.05) is 29.8 Å². The van der Waals surface area contributed by atoms with Crippen molar-refractivity contribution < 1.29 is 9.52 Å². The van der Waals surface area contributed by atoms with Gasteiger partial charge in [0.25, 0.3) is 5.78 Å². The molecular formula is C18H14N4O3. The minimum Gasteiger partial charge on any atom is -0.507 e. The van der Waals surface area contributed by atoms with Gasteiger partial charge in [-0.2, -0.15) is 9.50 Å². The first kappa shape index (κ1) is 15.1. The maximum absolute atomic E-state index is 12.2. The standard InChI is InChI=1S/C18H14N4O3/c1-10-3-5-12(6-4-10)16-20-18-19-8-7-13(22(18)21-16)15-14(23)9-11(2)25-17(15)24/h3-9,23H,1-2H3. The zero-order valence-corrected chi connectivity index (χ0v) is 13.6. The molecule has 4 rings (SSSR count). The Kier molecular flexibility index (Phi) is 3.35. The van der Waals surface area contributed by atoms with Crippen molar-refractivity contribution in [1.82, 2.24) is 19.6 Å². The van der Waals surface area contributed by atoms with Crippen LogP contribution in [0.1, 0.15) is 11.3 Å². The van der Waals surface area contributed by atoms with Crippen molar-refractivity contribution in [3.8, 4) is 28.4 Å². The Balaban J connectivity index is 1.95. The summed E-state index contributed by atoms with van der Waals surface area (Å²) < 4.78 is 6.53. The van der Waals surface area contributed by atoms with Crippen molar-refractivity contribution in [1.29, 1.82) is 0 Å². The number of hydrogen-bond acceptors (Lipinski definition) is 6. The van der Waals surface area contributed by atoms with E-state index in [0.717, 1.165) is 11.1 Å². The molecule has 1 N–H and O–H groups in total. The second kappa shape index (κ2) is 5.55. The highest BCUT2D eigenvalue weighted by molar-refractivity contribution is 5.68. The van der Waals surface area contributed by atoms with Crippen LogP contribution in [0.5, 0.6) is 5.75 Å². The van der Waals surface area contributed by atoms with Crippen LogP contribution in [0.25, 0.3) is 28.4 Å². The molecule has 0 saturated heterocycles. The van der Waals surface area contributed by atoms with Gasteiger partial charge in [-0.05, 0) is 19.9 Å². The van der Waals surface area contributed by atoms with E-state index in [9.17, 15) is 9.90 Å². The number of benzene rings is 1. The number of fused-ring (bicyclic) bond motifs is 1. The van der Waals surface area contributed by atoms with Gasteiger partial charge in [-0.15, -0.1) is 5.10 Å². The van der Waals surface area contributed by atoms with Crippen molar-refractivity contribution in [2.24, 2.45) is 0 Å². The van der Waals surface area contributed by atoms with E-state index in [4.69, 9.17) is 4.42 Å². The molecule has 124 valence electrons. The first-order chi connectivity index (χ1) is 12.0. The maximum Gasteiger partial charge on any atom is 0.349 e. The topological polar surface area (TPSA) is 93.5 Å². The molecule has 0 amide bonds. The molecular weight excluding hydrogens is 320 g/mol. The molecule has 0 fully saturated rings. The molecule has 7 nitrogen and oxygen atoms in total. The smallest absolute Gasteiger partial charge is 0.349 e. The summed E-state index contributed by atoms with van der Waals surface area (Å²) in [5.74, 6) is 0.965. The SMILES string of the molecule is Cc1ccc(-c2nc3nccc(-c4c(O)cc(C)oc4=O)n3n2)cc1. The number of aromatic nitrogens is 4. The molecule has 0 radical (unpaired) electrons. The highest BCUT2D eigenvalue weighted by atomic mass is 16.4. The molecule has 0 bridgehead atoms. The van der Waals surface area contributed by atoms with Crippen LogP contribution >= 0.6 is 0 Å². The monoisotopic (exact) mass is 334 g/mol. The number of nitrogens with zero attached hydrogens (tertiary/aromatic N) is 4. The predicted octanol–water partition coefficient (Wildman–Crippen LogP) is 2.73. The summed E-state index contributed by atoms with van der Waals surface area (Å²) in [7, 11) is 0. The molecule has 0 unspecified atom stereocenters. The Bertz CT molecular complexity index is 1140. The van der Waals surface area contributed by atoms with E-state index in [-0.39, 0.29) is 11.3 Å². The fourth-order valence-corrected chi connectivity index (χ4v) is 2.64. The lowest BCUT2D eigenvalue weighted by Crippen LogP contribution is -2.08. The number of aromatic hydroxyl groups is 1. The van der Waals surface area contributed by atoms with Gasteiger partial charge in [-0.3, -0.25) is 0 Å². The summed E-state index contributed by atoms with van der Waals surface area (Å²) in [6.07, 6.45) is 1.51. The van der Waals surface area contributed by atoms with Crippen molar-refractivity contribution in [3.63, 3.8) is 0 Å². The molecule has 0 atom stereocenters. The van der Waals surface area contributed by atoms with E-state index in [1.54, 1.807) is 13.0 Å². The lowest BCUT2D eigenvalue weighted by Gasteiger charge is -2.05. The Hall–Kier alpha value is -3.48. The highest BCUT2D eigenvalue weighted by Gasteiger charge is 2.18. The highest BCUT2D eigenvalue weighted by Crippen LogP contribution is 2.27. The number of rotatable bonds is 2. The fraction of sp³-hybridized carbons (Fsp3) is 0.111. The normalized spacial score (nSPS) is 11.1. The molecule has 3 heterocycles. The summed E-state index contributed by atoms with van der Waals surface area (Å²) in [5.41, 5.74) is 1.72. The van der Waals surface area contributed by atoms with Crippen LogP contribution in [-0.4, -0.2) is 24.7 Å². The molecule has 0 saturated carbocycles. The Morgan fingerprint density at radius 2 is 1.88 bits per heavy atom. The number of aryl methyl sites for hydroxylation is 2. The van der Waals surface area contributed by atoms with Crippen LogP contribution in [0.15, 0.2) is 51.8 Å². The quantitative estimate of drug-likeness (QED) is 0.606. The molecule has 0 spiro atoms. The lowest BCUT2D eigenvalue weighted by molar-refractivity contribution is 0.437. The summed E-state index contributed by atoms with van der Waals surface area (Å²) >= 11 is 0. The zero-order chi connectivity index (χ0) is 17.6. The number of hydrogen-bond donors (Lipinski definition) is 1. The van der Waals surface area contributed by atoms with Gasteiger partial charge in [0.15, 0.2) is 5.82 Å². The van der Waals surface area contributed by atoms with Crippen LogP contribution in [0.3, 0.4) is 0 Å². The van der Waals surface area contributed by atoms with E-state index in [2.05, 4.69) is 15.1 Å². The Morgan fingerprint density at radius 3 is 2.60 bits per heavy atom. The van der Waals surface area contributed by atoms with Crippen molar-refractivity contribution in [3.05, 3.63) is 64.3 Å². The fourth-order valence-electron chi connectivity index (χ4n) is 2.64. The van der Waals surface area contributed by atoms with Gasteiger partial charge < -0.3 is 9.52 Å². The van der Waals surface area contributed by atoms with Gasteiger partial charge in [0.05, 0.1) is 5.69 Å². The molecule has 0 aliphatic carbocycles. The Morgan fingerprint density at radius 1 is 1.12 bits per heavy atom. The van der Waals surface area contributed by atoms with Crippen LogP contribution in [0.4, 0.5) is 0 Å². The first-order valence-corrected chi connectivity index (χ1v) is 7.66. The van der Waals surface area contributed by atoms with Gasteiger partial charge >= 0.3 is 5.63 Å². The summed E-state index contributed by atoms with van der Waals surface area (Å²) in [6, 6.07) is 10.7. The first-order valence-electron chi connectivity index (χ1n) is 7.66. The maximum atomic E-state index is 12.2. The van der Waals surface area contributed by atoms with Gasteiger partial charge in [0, 0.05) is 17.8 Å². The molecule has 3 aromatic heterocycles. The van der Waals surface area contributed by atoms with Gasteiger partial charge in [0.2, 0.25) is 0 Å². The third-order valence-corrected chi connectivity index (χ3v) is 3.86. The zero-order valence-electron chi connectivity index (χ0n) is 13.6. The second-order valence-corrected chi connectivity index (χ2v) is 5.75. The van der Waals surface area contributed by atoms with E-state index < -0.39 is 5.63 Å². The molecule has 4 aromatic rings. The second-order valence-electron chi connectivity index (χ2n) is 5.75. The third kappa shape index (κ3) is 2.55. The largest absolute Gasteiger partial charge is 0.507 e. The molecule has 0 aliphatic heterocycles. The minimum absolute atomic E-state index is 0.0263. The average molecular weight is 334 g/mol. The van der Waals surface area contributed by atoms with Crippen LogP contribution < -0.4 is 5.63 Å². The van der Waals surface area contributed by atoms with Crippen LogP contribution in [0, 0.1) is 13.8 Å². The Labute approximate surface area is 142 Å². The summed E-state index contributed by atoms with van der Waals surface area (Å²) in [6.45, 7) is 3.60. The molecule has 7 heteroatoms. The van der Waals surface area contributed by atoms with E-state index in [0.29, 0.717) is 23.1 Å². The van der Waals surface area contributed by atoms with Crippen molar-refractivity contribution in [2.45, 2.75) is 13.8 Å². The lowest BCUT2D eigenvalue weighted by atomic mass is 10.1. The average Bonchev–Trinajstić information content (AvgIpc) is 2.99. The van der Waals surface area contributed by atoms with E-state index >= 15 is 0 Å². The van der Waals surface area contributed by atoms with Crippen molar-refractivity contribution in [2.75, 3.05) is 0 Å². The van der Waals surface area contributed by atoms with Crippen LogP contribution in [0.2, 0.25) is 0 Å². The van der Waals surface area contributed by atoms with Gasteiger partial charge in [0.1, 0.15) is 17.1 Å². The van der Waals surface area contributed by atoms with E-state index in [1.165, 1.54) is 16.8 Å². The molecule has 1 aromatic carbocycles. The predicted molar refractivity (Wildman–Crippen MR) is 91.3 cm³/mol.